The van der Waals surface area contributed by atoms with Crippen LogP contribution in [-0.4, -0.2) is 46.7 Å². The summed E-state index contributed by atoms with van der Waals surface area (Å²) in [7, 11) is 0. The predicted octanol–water partition coefficient (Wildman–Crippen LogP) is 5.58. The number of ether oxygens (including phenoxy) is 1. The fourth-order valence-corrected chi connectivity index (χ4v) is 5.37. The van der Waals surface area contributed by atoms with E-state index in [4.69, 9.17) is 4.74 Å². The van der Waals surface area contributed by atoms with Crippen molar-refractivity contribution >= 4 is 23.9 Å². The smallest absolute Gasteiger partial charge is 0.408 e. The summed E-state index contributed by atoms with van der Waals surface area (Å²) < 4.78 is 5.39. The molecule has 0 aliphatic heterocycles. The van der Waals surface area contributed by atoms with Gasteiger partial charge in [-0.1, -0.05) is 121 Å². The van der Waals surface area contributed by atoms with Gasteiger partial charge in [0.1, 0.15) is 23.2 Å². The molecule has 244 valence electrons. The molecule has 0 saturated heterocycles. The van der Waals surface area contributed by atoms with Crippen LogP contribution in [0, 0.1) is 0 Å². The van der Waals surface area contributed by atoms with Gasteiger partial charge in [0.2, 0.25) is 11.8 Å². The van der Waals surface area contributed by atoms with E-state index in [1.165, 1.54) is 0 Å². The van der Waals surface area contributed by atoms with E-state index in [1.807, 2.05) is 121 Å². The number of nitrogens with one attached hydrogen (secondary N) is 3. The van der Waals surface area contributed by atoms with Crippen LogP contribution >= 0.6 is 0 Å². The van der Waals surface area contributed by atoms with Crippen LogP contribution in [0.1, 0.15) is 55.9 Å². The zero-order valence-electron chi connectivity index (χ0n) is 26.8. The number of hydrogen-bond acceptors (Lipinski definition) is 5. The van der Waals surface area contributed by atoms with Crippen molar-refractivity contribution in [1.29, 1.82) is 0 Å². The normalized spacial score (nSPS) is 12.7. The summed E-state index contributed by atoms with van der Waals surface area (Å²) in [5.74, 6) is -2.61. The first-order chi connectivity index (χ1) is 22.5. The third-order valence-electron chi connectivity index (χ3n) is 7.52. The molecule has 47 heavy (non-hydrogen) atoms. The number of aryl methyl sites for hydroxylation is 1. The molecule has 4 N–H and O–H groups in total. The Labute approximate surface area is 275 Å². The van der Waals surface area contributed by atoms with Gasteiger partial charge in [-0.15, -0.1) is 0 Å². The van der Waals surface area contributed by atoms with Gasteiger partial charge in [-0.3, -0.25) is 9.59 Å². The van der Waals surface area contributed by atoms with Crippen molar-refractivity contribution in [2.24, 2.45) is 0 Å². The minimum absolute atomic E-state index is 0.107. The van der Waals surface area contributed by atoms with Crippen molar-refractivity contribution in [3.8, 4) is 0 Å². The van der Waals surface area contributed by atoms with Gasteiger partial charge in [0.15, 0.2) is 0 Å². The fourth-order valence-electron chi connectivity index (χ4n) is 5.37. The molecular formula is C38H41N3O6. The highest BCUT2D eigenvalue weighted by Gasteiger charge is 2.39. The Hall–Kier alpha value is -5.44. The molecule has 3 amide bonds. The second kappa shape index (κ2) is 15.7. The SMILES string of the molecule is CC(C)(C)OC(=O)N[C@H](CC(=O)NC(c1ccccc1)(c1ccccc1)c1ccccc1)C(=O)NC(CCc1ccccc1)C(=O)O. The van der Waals surface area contributed by atoms with Crippen molar-refractivity contribution in [2.45, 2.75) is 63.3 Å². The first-order valence-corrected chi connectivity index (χ1v) is 15.5. The number of carbonyl (C=O) groups is 4. The summed E-state index contributed by atoms with van der Waals surface area (Å²) in [5.41, 5.74) is 1.20. The Kier molecular flexibility index (Phi) is 11.5. The van der Waals surface area contributed by atoms with Crippen LogP contribution in [0.25, 0.3) is 0 Å². The highest BCUT2D eigenvalue weighted by Crippen LogP contribution is 2.37. The number of amides is 3. The van der Waals surface area contributed by atoms with Crippen LogP contribution in [-0.2, 0) is 31.1 Å². The summed E-state index contributed by atoms with van der Waals surface area (Å²) in [6, 6.07) is 35.0. The van der Waals surface area contributed by atoms with Crippen molar-refractivity contribution in [2.75, 3.05) is 0 Å². The van der Waals surface area contributed by atoms with Gasteiger partial charge in [0.05, 0.1) is 6.42 Å². The maximum atomic E-state index is 14.1. The molecule has 0 saturated carbocycles. The molecule has 9 heteroatoms. The molecule has 0 heterocycles. The van der Waals surface area contributed by atoms with Gasteiger partial charge >= 0.3 is 12.1 Å². The molecule has 0 aliphatic carbocycles. The Morgan fingerprint density at radius 2 is 1.11 bits per heavy atom. The molecule has 4 aromatic rings. The first kappa shape index (κ1) is 34.4. The molecule has 2 atom stereocenters. The number of alkyl carbamates (subject to hydrolysis) is 1. The Bertz CT molecular complexity index is 1530. The van der Waals surface area contributed by atoms with Crippen molar-refractivity contribution in [1.82, 2.24) is 16.0 Å². The summed E-state index contributed by atoms with van der Waals surface area (Å²) >= 11 is 0. The number of hydrogen-bond donors (Lipinski definition) is 4. The number of carboxylic acids is 1. The number of aliphatic carboxylic acids is 1. The van der Waals surface area contributed by atoms with E-state index < -0.39 is 53.5 Å². The minimum Gasteiger partial charge on any atom is -0.480 e. The van der Waals surface area contributed by atoms with Crippen molar-refractivity contribution in [3.05, 3.63) is 144 Å². The number of carboxylic acid groups (broad SMARTS) is 1. The topological polar surface area (TPSA) is 134 Å². The summed E-state index contributed by atoms with van der Waals surface area (Å²) in [6.45, 7) is 5.02. The lowest BCUT2D eigenvalue weighted by molar-refractivity contribution is -0.142. The average Bonchev–Trinajstić information content (AvgIpc) is 3.06. The predicted molar refractivity (Wildman–Crippen MR) is 179 cm³/mol. The third-order valence-corrected chi connectivity index (χ3v) is 7.52. The van der Waals surface area contributed by atoms with E-state index in [2.05, 4.69) is 16.0 Å². The zero-order chi connectivity index (χ0) is 33.9. The van der Waals surface area contributed by atoms with E-state index in [-0.39, 0.29) is 6.42 Å². The molecule has 0 radical (unpaired) electrons. The van der Waals surface area contributed by atoms with Crippen LogP contribution < -0.4 is 16.0 Å². The zero-order valence-corrected chi connectivity index (χ0v) is 26.8. The maximum Gasteiger partial charge on any atom is 0.408 e. The number of rotatable bonds is 13. The van der Waals surface area contributed by atoms with Gasteiger partial charge in [-0.05, 0) is 55.9 Å². The molecule has 4 rings (SSSR count). The van der Waals surface area contributed by atoms with Crippen LogP contribution in [0.3, 0.4) is 0 Å². The van der Waals surface area contributed by atoms with E-state index in [0.717, 1.165) is 22.3 Å². The van der Waals surface area contributed by atoms with Crippen molar-refractivity contribution < 1.29 is 29.0 Å². The maximum absolute atomic E-state index is 14.1. The Morgan fingerprint density at radius 1 is 0.660 bits per heavy atom. The van der Waals surface area contributed by atoms with Gasteiger partial charge in [-0.25, -0.2) is 9.59 Å². The lowest BCUT2D eigenvalue weighted by atomic mass is 9.77. The lowest BCUT2D eigenvalue weighted by Crippen LogP contribution is -2.55. The molecule has 1 unspecified atom stereocenters. The summed E-state index contributed by atoms with van der Waals surface area (Å²) in [4.78, 5) is 52.8. The fraction of sp³-hybridized carbons (Fsp3) is 0.263. The highest BCUT2D eigenvalue weighted by molar-refractivity contribution is 5.93. The second-order valence-electron chi connectivity index (χ2n) is 12.2. The summed E-state index contributed by atoms with van der Waals surface area (Å²) in [5, 5.41) is 18.1. The summed E-state index contributed by atoms with van der Waals surface area (Å²) in [6.07, 6.45) is -0.904. The van der Waals surface area contributed by atoms with E-state index in [1.54, 1.807) is 20.8 Å². The molecule has 4 aromatic carbocycles. The second-order valence-corrected chi connectivity index (χ2v) is 12.2. The molecule has 0 spiro atoms. The van der Waals surface area contributed by atoms with Gasteiger partial charge in [-0.2, -0.15) is 0 Å². The van der Waals surface area contributed by atoms with E-state index in [9.17, 15) is 24.3 Å². The molecule has 0 aromatic heterocycles. The average molecular weight is 636 g/mol. The molecule has 0 aliphatic rings. The molecule has 0 fully saturated rings. The largest absolute Gasteiger partial charge is 0.480 e. The minimum atomic E-state index is -1.44. The number of carbonyl (C=O) groups excluding carboxylic acids is 3. The Morgan fingerprint density at radius 3 is 1.53 bits per heavy atom. The molecule has 0 bridgehead atoms. The van der Waals surface area contributed by atoms with Crippen LogP contribution in [0.15, 0.2) is 121 Å². The van der Waals surface area contributed by atoms with Crippen LogP contribution in [0.5, 0.6) is 0 Å². The Balaban J connectivity index is 1.65. The van der Waals surface area contributed by atoms with E-state index >= 15 is 0 Å². The van der Waals surface area contributed by atoms with Gasteiger partial charge in [0, 0.05) is 0 Å². The van der Waals surface area contributed by atoms with E-state index in [0.29, 0.717) is 6.42 Å². The van der Waals surface area contributed by atoms with Crippen molar-refractivity contribution in [3.63, 3.8) is 0 Å². The quantitative estimate of drug-likeness (QED) is 0.142. The number of benzene rings is 4. The van der Waals surface area contributed by atoms with Crippen LogP contribution in [0.2, 0.25) is 0 Å². The monoisotopic (exact) mass is 635 g/mol. The third kappa shape index (κ3) is 9.53. The van der Waals surface area contributed by atoms with Crippen LogP contribution in [0.4, 0.5) is 4.79 Å². The molecule has 9 nitrogen and oxygen atoms in total. The van der Waals surface area contributed by atoms with Gasteiger partial charge in [0.25, 0.3) is 0 Å². The highest BCUT2D eigenvalue weighted by atomic mass is 16.6. The lowest BCUT2D eigenvalue weighted by Gasteiger charge is -2.37. The molecular weight excluding hydrogens is 594 g/mol. The first-order valence-electron chi connectivity index (χ1n) is 15.5. The standard InChI is InChI=1S/C38H41N3O6/c1-37(2,3)47-36(46)40-32(34(43)39-31(35(44)45)25-24-27-16-8-4-9-17-27)26-33(42)41-38(28-18-10-5-11-19-28,29-20-12-6-13-21-29)30-22-14-7-15-23-30/h4-23,31-32H,24-26H2,1-3H3,(H,39,43)(H,40,46)(H,41,42)(H,44,45)/t31?,32-/m1/s1. The van der Waals surface area contributed by atoms with Gasteiger partial charge < -0.3 is 25.8 Å².